The lowest BCUT2D eigenvalue weighted by molar-refractivity contribution is -0.129. The van der Waals surface area contributed by atoms with Gasteiger partial charge in [0, 0.05) is 19.6 Å². The zero-order valence-corrected chi connectivity index (χ0v) is 24.2. The van der Waals surface area contributed by atoms with E-state index < -0.39 is 22.0 Å². The molecule has 3 aromatic carbocycles. The standard InChI is InChI=1S/C30H32ClN3O6S/c1-39-26-14-13-23(18-24(26)31)41(37,38)33-17-7-10-22(19-33)30(36)34-20-28(40-27-12-6-5-11-25(27)34)29(35)32-16-15-21-8-3-2-4-9-21/h2-6,8-9,11-14,18,22,28H,7,10,15-17,19-20H2,1H3,(H,32,35)/t22-,28+/m0/s1. The zero-order valence-electron chi connectivity index (χ0n) is 22.7. The molecule has 0 aliphatic carbocycles. The Labute approximate surface area is 245 Å². The van der Waals surface area contributed by atoms with E-state index in [1.54, 1.807) is 29.2 Å². The molecule has 2 heterocycles. The van der Waals surface area contributed by atoms with Crippen LogP contribution in [0.3, 0.4) is 0 Å². The third kappa shape index (κ3) is 6.34. The van der Waals surface area contributed by atoms with Gasteiger partial charge >= 0.3 is 0 Å². The third-order valence-corrected chi connectivity index (χ3v) is 9.54. The van der Waals surface area contributed by atoms with E-state index in [0.29, 0.717) is 49.5 Å². The monoisotopic (exact) mass is 597 g/mol. The summed E-state index contributed by atoms with van der Waals surface area (Å²) in [6, 6.07) is 21.2. The van der Waals surface area contributed by atoms with Crippen LogP contribution in [-0.2, 0) is 26.0 Å². The highest BCUT2D eigenvalue weighted by Gasteiger charge is 2.39. The molecular formula is C30H32ClN3O6S. The molecule has 2 aliphatic heterocycles. The maximum Gasteiger partial charge on any atom is 0.262 e. The number of hydrogen-bond acceptors (Lipinski definition) is 6. The van der Waals surface area contributed by atoms with Gasteiger partial charge in [-0.25, -0.2) is 8.42 Å². The van der Waals surface area contributed by atoms with Crippen LogP contribution in [0.25, 0.3) is 0 Å². The second-order valence-corrected chi connectivity index (χ2v) is 12.4. The number of hydrogen-bond donors (Lipinski definition) is 1. The summed E-state index contributed by atoms with van der Waals surface area (Å²) < 4.78 is 39.4. The normalized spacial score (nSPS) is 19.1. The highest BCUT2D eigenvalue weighted by atomic mass is 35.5. The van der Waals surface area contributed by atoms with Gasteiger partial charge in [0.25, 0.3) is 5.91 Å². The van der Waals surface area contributed by atoms with Crippen LogP contribution in [-0.4, -0.2) is 63.9 Å². The number of halogens is 1. The van der Waals surface area contributed by atoms with Crippen LogP contribution >= 0.6 is 11.6 Å². The highest BCUT2D eigenvalue weighted by Crippen LogP contribution is 2.36. The number of amides is 2. The van der Waals surface area contributed by atoms with Crippen LogP contribution in [0.5, 0.6) is 11.5 Å². The Morgan fingerprint density at radius 2 is 1.80 bits per heavy atom. The molecule has 3 aromatic rings. The van der Waals surface area contributed by atoms with E-state index in [2.05, 4.69) is 5.32 Å². The van der Waals surface area contributed by atoms with Crippen LogP contribution in [0.15, 0.2) is 77.7 Å². The third-order valence-electron chi connectivity index (χ3n) is 7.38. The fourth-order valence-corrected chi connectivity index (χ4v) is 7.08. The number of fused-ring (bicyclic) bond motifs is 1. The number of piperidine rings is 1. The molecule has 41 heavy (non-hydrogen) atoms. The summed E-state index contributed by atoms with van der Waals surface area (Å²) in [7, 11) is -2.43. The Bertz CT molecular complexity index is 1520. The number of benzene rings is 3. The molecule has 0 saturated carbocycles. The molecule has 5 rings (SSSR count). The first kappa shape index (κ1) is 28.9. The minimum Gasteiger partial charge on any atom is -0.495 e. The van der Waals surface area contributed by atoms with E-state index in [1.807, 2.05) is 30.3 Å². The summed E-state index contributed by atoms with van der Waals surface area (Å²) in [5.74, 6) is -0.321. The fourth-order valence-electron chi connectivity index (χ4n) is 5.21. The Hall–Kier alpha value is -3.60. The topological polar surface area (TPSA) is 105 Å². The second-order valence-electron chi connectivity index (χ2n) is 10.0. The largest absolute Gasteiger partial charge is 0.495 e. The summed E-state index contributed by atoms with van der Waals surface area (Å²) >= 11 is 6.19. The Kier molecular flexibility index (Phi) is 8.82. The first-order valence-corrected chi connectivity index (χ1v) is 15.3. The maximum absolute atomic E-state index is 13.9. The van der Waals surface area contributed by atoms with Gasteiger partial charge in [-0.2, -0.15) is 4.31 Å². The van der Waals surface area contributed by atoms with Crippen LogP contribution in [0, 0.1) is 5.92 Å². The molecule has 1 saturated heterocycles. The molecule has 11 heteroatoms. The number of sulfonamides is 1. The summed E-state index contributed by atoms with van der Waals surface area (Å²) in [6.45, 7) is 0.785. The molecule has 1 fully saturated rings. The van der Waals surface area contributed by atoms with Crippen molar-refractivity contribution in [1.29, 1.82) is 0 Å². The summed E-state index contributed by atoms with van der Waals surface area (Å²) in [6.07, 6.45) is 0.829. The van der Waals surface area contributed by atoms with Crippen molar-refractivity contribution in [3.05, 3.63) is 83.4 Å². The van der Waals surface area contributed by atoms with Crippen molar-refractivity contribution in [2.75, 3.05) is 38.2 Å². The van der Waals surface area contributed by atoms with Crippen LogP contribution < -0.4 is 19.7 Å². The number of para-hydroxylation sites is 2. The van der Waals surface area contributed by atoms with Crippen LogP contribution in [0.1, 0.15) is 18.4 Å². The first-order chi connectivity index (χ1) is 19.8. The van der Waals surface area contributed by atoms with Gasteiger partial charge in [-0.15, -0.1) is 0 Å². The lowest BCUT2D eigenvalue weighted by Gasteiger charge is -2.38. The average molecular weight is 598 g/mol. The van der Waals surface area contributed by atoms with E-state index in [9.17, 15) is 18.0 Å². The lowest BCUT2D eigenvalue weighted by atomic mass is 9.97. The van der Waals surface area contributed by atoms with Gasteiger partial charge < -0.3 is 19.7 Å². The molecule has 1 N–H and O–H groups in total. The summed E-state index contributed by atoms with van der Waals surface area (Å²) in [4.78, 5) is 28.6. The number of nitrogens with one attached hydrogen (secondary N) is 1. The van der Waals surface area contributed by atoms with E-state index in [4.69, 9.17) is 21.1 Å². The van der Waals surface area contributed by atoms with Gasteiger partial charge in [-0.1, -0.05) is 54.1 Å². The van der Waals surface area contributed by atoms with Crippen molar-refractivity contribution in [3.63, 3.8) is 0 Å². The van der Waals surface area contributed by atoms with Gasteiger partial charge in [-0.3, -0.25) is 9.59 Å². The predicted octanol–water partition coefficient (Wildman–Crippen LogP) is 3.90. The van der Waals surface area contributed by atoms with Crippen molar-refractivity contribution >= 4 is 39.1 Å². The number of nitrogens with zero attached hydrogens (tertiary/aromatic N) is 2. The second kappa shape index (κ2) is 12.5. The molecule has 2 atom stereocenters. The Morgan fingerprint density at radius 1 is 1.05 bits per heavy atom. The molecule has 2 amide bonds. The first-order valence-electron chi connectivity index (χ1n) is 13.5. The average Bonchev–Trinajstić information content (AvgIpc) is 3.00. The van der Waals surface area contributed by atoms with Gasteiger partial charge in [0.15, 0.2) is 6.10 Å². The zero-order chi connectivity index (χ0) is 29.0. The van der Waals surface area contributed by atoms with Crippen molar-refractivity contribution in [1.82, 2.24) is 9.62 Å². The Morgan fingerprint density at radius 3 is 2.56 bits per heavy atom. The van der Waals surface area contributed by atoms with Crippen molar-refractivity contribution < 1.29 is 27.5 Å². The SMILES string of the molecule is COc1ccc(S(=O)(=O)N2CCC[C@H](C(=O)N3C[C@H](C(=O)NCCc4ccccc4)Oc4ccccc43)C2)cc1Cl. The highest BCUT2D eigenvalue weighted by molar-refractivity contribution is 7.89. The van der Waals surface area contributed by atoms with E-state index in [0.717, 1.165) is 5.56 Å². The van der Waals surface area contributed by atoms with Gasteiger partial charge in [-0.05, 0) is 55.2 Å². The van der Waals surface area contributed by atoms with Gasteiger partial charge in [0.2, 0.25) is 15.9 Å². The number of rotatable bonds is 8. The minimum atomic E-state index is -3.89. The number of carbonyl (C=O) groups excluding carboxylic acids is 2. The van der Waals surface area contributed by atoms with E-state index in [-0.39, 0.29) is 34.8 Å². The maximum atomic E-state index is 13.9. The Balaban J connectivity index is 1.30. The predicted molar refractivity (Wildman–Crippen MR) is 156 cm³/mol. The molecule has 2 aliphatic rings. The minimum absolute atomic E-state index is 0.0261. The summed E-state index contributed by atoms with van der Waals surface area (Å²) in [5.41, 5.74) is 1.67. The molecule has 0 bridgehead atoms. The molecule has 0 radical (unpaired) electrons. The van der Waals surface area contributed by atoms with Crippen LogP contribution in [0.2, 0.25) is 5.02 Å². The van der Waals surface area contributed by atoms with E-state index in [1.165, 1.54) is 29.6 Å². The number of methoxy groups -OCH3 is 1. The lowest BCUT2D eigenvalue weighted by Crippen LogP contribution is -2.54. The molecular weight excluding hydrogens is 566 g/mol. The molecule has 216 valence electrons. The fraction of sp³-hybridized carbons (Fsp3) is 0.333. The number of carbonyl (C=O) groups is 2. The smallest absolute Gasteiger partial charge is 0.262 e. The summed E-state index contributed by atoms with van der Waals surface area (Å²) in [5, 5.41) is 3.11. The molecule has 0 aromatic heterocycles. The van der Waals surface area contributed by atoms with Crippen molar-refractivity contribution in [3.8, 4) is 11.5 Å². The van der Waals surface area contributed by atoms with Crippen molar-refractivity contribution in [2.24, 2.45) is 5.92 Å². The number of ether oxygens (including phenoxy) is 2. The van der Waals surface area contributed by atoms with Crippen LogP contribution in [0.4, 0.5) is 5.69 Å². The molecule has 9 nitrogen and oxygen atoms in total. The van der Waals surface area contributed by atoms with Gasteiger partial charge in [0.05, 0.1) is 35.2 Å². The van der Waals surface area contributed by atoms with E-state index >= 15 is 0 Å². The number of anilines is 1. The van der Waals surface area contributed by atoms with Gasteiger partial charge in [0.1, 0.15) is 11.5 Å². The molecule has 0 unspecified atom stereocenters. The molecule has 0 spiro atoms. The van der Waals surface area contributed by atoms with Crippen molar-refractivity contribution in [2.45, 2.75) is 30.3 Å². The quantitative estimate of drug-likeness (QED) is 0.422.